The van der Waals surface area contributed by atoms with Crippen LogP contribution in [0.3, 0.4) is 0 Å². The molecule has 2 aromatic carbocycles. The van der Waals surface area contributed by atoms with Crippen molar-refractivity contribution in [1.82, 2.24) is 20.1 Å². The van der Waals surface area contributed by atoms with Gasteiger partial charge in [0.25, 0.3) is 11.5 Å². The molecule has 0 radical (unpaired) electrons. The number of nitrogens with one attached hydrogen (secondary N) is 1. The third-order valence-electron chi connectivity index (χ3n) is 5.30. The number of pyridine rings is 1. The Morgan fingerprint density at radius 1 is 0.970 bits per heavy atom. The van der Waals surface area contributed by atoms with Gasteiger partial charge >= 0.3 is 5.63 Å². The smallest absolute Gasteiger partial charge is 0.349 e. The van der Waals surface area contributed by atoms with Gasteiger partial charge in [-0.25, -0.2) is 9.48 Å². The Morgan fingerprint density at radius 3 is 2.58 bits per heavy atom. The molecular formula is C25H18N4O4. The SMILES string of the molecule is O=C(NCc1nn(Cc2cccnc2)c(=O)c2ccccc12)c1cc2ccccc2oc1=O. The maximum Gasteiger partial charge on any atom is 0.349 e. The lowest BCUT2D eigenvalue weighted by atomic mass is 10.1. The predicted molar refractivity (Wildman–Crippen MR) is 123 cm³/mol. The van der Waals surface area contributed by atoms with Crippen LogP contribution in [0.4, 0.5) is 0 Å². The fourth-order valence-corrected chi connectivity index (χ4v) is 3.69. The van der Waals surface area contributed by atoms with Crippen molar-refractivity contribution in [3.8, 4) is 0 Å². The first-order chi connectivity index (χ1) is 16.1. The molecule has 33 heavy (non-hydrogen) atoms. The van der Waals surface area contributed by atoms with Gasteiger partial charge in [-0.1, -0.05) is 42.5 Å². The summed E-state index contributed by atoms with van der Waals surface area (Å²) < 4.78 is 6.61. The molecule has 8 heteroatoms. The van der Waals surface area contributed by atoms with Crippen LogP contribution in [0.15, 0.2) is 93.1 Å². The Kier molecular flexibility index (Phi) is 5.24. The molecule has 0 aliphatic rings. The summed E-state index contributed by atoms with van der Waals surface area (Å²) in [6.07, 6.45) is 3.33. The first-order valence-corrected chi connectivity index (χ1v) is 10.3. The molecule has 0 unspecified atom stereocenters. The quantitative estimate of drug-likeness (QED) is 0.423. The number of para-hydroxylation sites is 1. The zero-order chi connectivity index (χ0) is 22.8. The van der Waals surface area contributed by atoms with Gasteiger partial charge in [-0.2, -0.15) is 5.10 Å². The third kappa shape index (κ3) is 4.01. The molecule has 0 saturated carbocycles. The van der Waals surface area contributed by atoms with Crippen molar-refractivity contribution in [2.45, 2.75) is 13.1 Å². The molecule has 0 atom stereocenters. The standard InChI is InChI=1S/C25H18N4O4/c30-23(20-12-17-7-1-4-10-22(17)33-25(20)32)27-14-21-18-8-2-3-9-19(18)24(31)29(28-21)15-16-6-5-11-26-13-16/h1-13H,14-15H2,(H,27,30). The molecule has 0 fully saturated rings. The van der Waals surface area contributed by atoms with Crippen molar-refractivity contribution in [2.75, 3.05) is 0 Å². The zero-order valence-corrected chi connectivity index (χ0v) is 17.4. The summed E-state index contributed by atoms with van der Waals surface area (Å²) in [5.74, 6) is -0.578. The van der Waals surface area contributed by atoms with E-state index in [9.17, 15) is 14.4 Å². The van der Waals surface area contributed by atoms with E-state index in [1.807, 2.05) is 6.07 Å². The second kappa shape index (κ2) is 8.51. The van der Waals surface area contributed by atoms with Gasteiger partial charge in [0, 0.05) is 23.2 Å². The number of nitrogens with zero attached hydrogens (tertiary/aromatic N) is 3. The van der Waals surface area contributed by atoms with E-state index in [2.05, 4.69) is 15.4 Å². The van der Waals surface area contributed by atoms with Gasteiger partial charge in [-0.3, -0.25) is 14.6 Å². The van der Waals surface area contributed by atoms with Crippen LogP contribution >= 0.6 is 0 Å². The molecule has 0 aliphatic heterocycles. The molecule has 1 N–H and O–H groups in total. The molecule has 8 nitrogen and oxygen atoms in total. The van der Waals surface area contributed by atoms with E-state index in [0.717, 1.165) is 5.56 Å². The number of fused-ring (bicyclic) bond motifs is 2. The second-order valence-corrected chi connectivity index (χ2v) is 7.48. The lowest BCUT2D eigenvalue weighted by Gasteiger charge is -2.12. The molecule has 0 spiro atoms. The summed E-state index contributed by atoms with van der Waals surface area (Å²) in [4.78, 5) is 42.1. The van der Waals surface area contributed by atoms with E-state index >= 15 is 0 Å². The van der Waals surface area contributed by atoms with Crippen LogP contribution in [0.2, 0.25) is 0 Å². The number of hydrogen-bond donors (Lipinski definition) is 1. The van der Waals surface area contributed by atoms with Gasteiger partial charge in [-0.05, 0) is 29.8 Å². The van der Waals surface area contributed by atoms with Crippen molar-refractivity contribution in [2.24, 2.45) is 0 Å². The monoisotopic (exact) mass is 438 g/mol. The Bertz CT molecular complexity index is 1610. The summed E-state index contributed by atoms with van der Waals surface area (Å²) in [7, 11) is 0. The Morgan fingerprint density at radius 2 is 1.76 bits per heavy atom. The predicted octanol–water partition coefficient (Wildman–Crippen LogP) is 2.88. The van der Waals surface area contributed by atoms with Crippen molar-refractivity contribution in [3.63, 3.8) is 0 Å². The van der Waals surface area contributed by atoms with Gasteiger partial charge in [-0.15, -0.1) is 0 Å². The highest BCUT2D eigenvalue weighted by Gasteiger charge is 2.16. The number of carbonyl (C=O) groups excluding carboxylic acids is 1. The molecule has 0 saturated heterocycles. The molecule has 5 rings (SSSR count). The zero-order valence-electron chi connectivity index (χ0n) is 17.4. The Balaban J connectivity index is 1.48. The molecule has 5 aromatic rings. The second-order valence-electron chi connectivity index (χ2n) is 7.48. The molecule has 3 heterocycles. The molecular weight excluding hydrogens is 420 g/mol. The van der Waals surface area contributed by atoms with Gasteiger partial charge in [0.05, 0.1) is 24.2 Å². The summed E-state index contributed by atoms with van der Waals surface area (Å²) in [6, 6.07) is 19.2. The average molecular weight is 438 g/mol. The third-order valence-corrected chi connectivity index (χ3v) is 5.30. The lowest BCUT2D eigenvalue weighted by Crippen LogP contribution is -2.31. The summed E-state index contributed by atoms with van der Waals surface area (Å²) >= 11 is 0. The fourth-order valence-electron chi connectivity index (χ4n) is 3.69. The van der Waals surface area contributed by atoms with Gasteiger partial charge in [0.1, 0.15) is 11.1 Å². The number of benzene rings is 2. The van der Waals surface area contributed by atoms with Crippen LogP contribution < -0.4 is 16.5 Å². The van der Waals surface area contributed by atoms with Crippen LogP contribution in [0.25, 0.3) is 21.7 Å². The largest absolute Gasteiger partial charge is 0.422 e. The molecule has 162 valence electrons. The Hall–Kier alpha value is -4.59. The highest BCUT2D eigenvalue weighted by Crippen LogP contribution is 2.15. The highest BCUT2D eigenvalue weighted by molar-refractivity contribution is 5.96. The van der Waals surface area contributed by atoms with Crippen LogP contribution in [0.1, 0.15) is 21.6 Å². The number of hydrogen-bond acceptors (Lipinski definition) is 6. The van der Waals surface area contributed by atoms with E-state index in [1.165, 1.54) is 10.7 Å². The first-order valence-electron chi connectivity index (χ1n) is 10.3. The van der Waals surface area contributed by atoms with Crippen molar-refractivity contribution in [1.29, 1.82) is 0 Å². The first kappa shape index (κ1) is 20.3. The summed E-state index contributed by atoms with van der Waals surface area (Å²) in [5, 5.41) is 9.00. The number of aromatic nitrogens is 3. The maximum absolute atomic E-state index is 13.0. The molecule has 0 bridgehead atoms. The van der Waals surface area contributed by atoms with Crippen LogP contribution in [0, 0.1) is 0 Å². The molecule has 0 aliphatic carbocycles. The van der Waals surface area contributed by atoms with E-state index in [-0.39, 0.29) is 24.2 Å². The van der Waals surface area contributed by atoms with Gasteiger partial charge < -0.3 is 9.73 Å². The number of carbonyl (C=O) groups is 1. The average Bonchev–Trinajstić information content (AvgIpc) is 2.85. The lowest BCUT2D eigenvalue weighted by molar-refractivity contribution is 0.0947. The van der Waals surface area contributed by atoms with Crippen LogP contribution in [-0.4, -0.2) is 20.7 Å². The van der Waals surface area contributed by atoms with Crippen molar-refractivity contribution >= 4 is 27.6 Å². The summed E-state index contributed by atoms with van der Waals surface area (Å²) in [6.45, 7) is 0.269. The minimum atomic E-state index is -0.717. The van der Waals surface area contributed by atoms with E-state index in [1.54, 1.807) is 67.0 Å². The Labute approximate surface area is 187 Å². The highest BCUT2D eigenvalue weighted by atomic mass is 16.4. The fraction of sp³-hybridized carbons (Fsp3) is 0.0800. The van der Waals surface area contributed by atoms with Crippen LogP contribution in [0.5, 0.6) is 0 Å². The van der Waals surface area contributed by atoms with Crippen molar-refractivity contribution < 1.29 is 9.21 Å². The molecule has 1 amide bonds. The van der Waals surface area contributed by atoms with E-state index in [4.69, 9.17) is 4.42 Å². The number of rotatable bonds is 5. The summed E-state index contributed by atoms with van der Waals surface area (Å²) in [5.41, 5.74) is 0.694. The number of amides is 1. The van der Waals surface area contributed by atoms with Gasteiger partial charge in [0.2, 0.25) is 0 Å². The minimum Gasteiger partial charge on any atom is -0.422 e. The van der Waals surface area contributed by atoms with Crippen molar-refractivity contribution in [3.05, 3.63) is 117 Å². The van der Waals surface area contributed by atoms with Gasteiger partial charge in [0.15, 0.2) is 0 Å². The normalized spacial score (nSPS) is 11.0. The van der Waals surface area contributed by atoms with E-state index in [0.29, 0.717) is 27.4 Å². The van der Waals surface area contributed by atoms with Crippen LogP contribution in [-0.2, 0) is 13.1 Å². The maximum atomic E-state index is 13.0. The van der Waals surface area contributed by atoms with E-state index < -0.39 is 11.5 Å². The molecule has 3 aromatic heterocycles. The topological polar surface area (TPSA) is 107 Å². The minimum absolute atomic E-state index is 0.0267.